The minimum atomic E-state index is 0.261. The molecule has 0 saturated carbocycles. The van der Waals surface area contributed by atoms with Crippen molar-refractivity contribution in [3.05, 3.63) is 52.6 Å². The Hall–Kier alpha value is -1.32. The maximum atomic E-state index is 5.97. The number of nitrogens with one attached hydrogen (secondary N) is 2. The van der Waals surface area contributed by atoms with Crippen LogP contribution in [0.3, 0.4) is 0 Å². The maximum absolute atomic E-state index is 5.97. The van der Waals surface area contributed by atoms with Gasteiger partial charge < -0.3 is 10.3 Å². The van der Waals surface area contributed by atoms with Crippen molar-refractivity contribution in [2.75, 3.05) is 0 Å². The van der Waals surface area contributed by atoms with Crippen molar-refractivity contribution >= 4 is 11.6 Å². The normalized spacial score (nSPS) is 12.6. The van der Waals surface area contributed by atoms with E-state index < -0.39 is 0 Å². The number of H-pyrrole nitrogens is 1. The Bertz CT molecular complexity index is 493. The summed E-state index contributed by atoms with van der Waals surface area (Å²) in [7, 11) is 0. The lowest BCUT2D eigenvalue weighted by Crippen LogP contribution is -2.18. The minimum absolute atomic E-state index is 0.261. The Kier molecular flexibility index (Phi) is 3.82. The van der Waals surface area contributed by atoms with Crippen LogP contribution in [-0.4, -0.2) is 9.97 Å². The van der Waals surface area contributed by atoms with E-state index in [1.165, 1.54) is 5.56 Å². The molecule has 1 heterocycles. The van der Waals surface area contributed by atoms with Crippen LogP contribution in [0.1, 0.15) is 30.0 Å². The summed E-state index contributed by atoms with van der Waals surface area (Å²) in [5.74, 6) is 0.942. The molecule has 0 amide bonds. The smallest absolute Gasteiger partial charge is 0.103 e. The standard InChI is InChI=1S/C13H16ClN3/c1-9(11-4-3-5-12(14)6-11)15-7-13-8-16-10(2)17-13/h3-6,8-9,15H,7H2,1-2H3,(H,16,17)/t9-/m0/s1. The summed E-state index contributed by atoms with van der Waals surface area (Å²) in [4.78, 5) is 7.36. The highest BCUT2D eigenvalue weighted by atomic mass is 35.5. The third-order valence-corrected chi connectivity index (χ3v) is 2.94. The summed E-state index contributed by atoms with van der Waals surface area (Å²) in [5.41, 5.74) is 2.28. The van der Waals surface area contributed by atoms with Crippen molar-refractivity contribution in [2.45, 2.75) is 26.4 Å². The van der Waals surface area contributed by atoms with E-state index in [2.05, 4.69) is 28.3 Å². The fraction of sp³-hybridized carbons (Fsp3) is 0.308. The fourth-order valence-corrected chi connectivity index (χ4v) is 1.92. The van der Waals surface area contributed by atoms with Gasteiger partial charge in [0.05, 0.1) is 0 Å². The molecule has 0 aliphatic rings. The van der Waals surface area contributed by atoms with Gasteiger partial charge in [-0.05, 0) is 31.5 Å². The first-order valence-corrected chi connectivity index (χ1v) is 6.02. The number of rotatable bonds is 4. The molecule has 2 rings (SSSR count). The fourth-order valence-electron chi connectivity index (χ4n) is 1.72. The van der Waals surface area contributed by atoms with Crippen LogP contribution in [0.4, 0.5) is 0 Å². The molecule has 1 aromatic heterocycles. The minimum Gasteiger partial charge on any atom is -0.345 e. The summed E-state index contributed by atoms with van der Waals surface area (Å²) in [6, 6.07) is 8.17. The van der Waals surface area contributed by atoms with Gasteiger partial charge in [-0.2, -0.15) is 0 Å². The number of imidazole rings is 1. The number of hydrogen-bond donors (Lipinski definition) is 2. The highest BCUT2D eigenvalue weighted by Crippen LogP contribution is 2.17. The molecule has 0 fully saturated rings. The largest absolute Gasteiger partial charge is 0.345 e. The van der Waals surface area contributed by atoms with E-state index in [1.54, 1.807) is 0 Å². The Balaban J connectivity index is 1.95. The molecular formula is C13H16ClN3. The quantitative estimate of drug-likeness (QED) is 0.874. The molecule has 1 atom stereocenters. The van der Waals surface area contributed by atoms with Gasteiger partial charge in [-0.25, -0.2) is 4.98 Å². The molecule has 0 unspecified atom stereocenters. The first-order chi connectivity index (χ1) is 8.15. The monoisotopic (exact) mass is 249 g/mol. The van der Waals surface area contributed by atoms with E-state index in [0.717, 1.165) is 23.1 Å². The van der Waals surface area contributed by atoms with Crippen LogP contribution in [0.25, 0.3) is 0 Å². The van der Waals surface area contributed by atoms with E-state index in [9.17, 15) is 0 Å². The van der Waals surface area contributed by atoms with Crippen molar-refractivity contribution in [2.24, 2.45) is 0 Å². The number of aryl methyl sites for hydroxylation is 1. The number of nitrogens with zero attached hydrogens (tertiary/aromatic N) is 1. The second-order valence-electron chi connectivity index (χ2n) is 4.15. The Labute approximate surface area is 106 Å². The molecule has 17 heavy (non-hydrogen) atoms. The molecule has 1 aromatic carbocycles. The Morgan fingerprint density at radius 2 is 2.29 bits per heavy atom. The Morgan fingerprint density at radius 3 is 2.94 bits per heavy atom. The first kappa shape index (κ1) is 12.1. The highest BCUT2D eigenvalue weighted by molar-refractivity contribution is 6.30. The zero-order valence-corrected chi connectivity index (χ0v) is 10.8. The predicted octanol–water partition coefficient (Wildman–Crippen LogP) is 3.22. The van der Waals surface area contributed by atoms with Crippen molar-refractivity contribution in [1.29, 1.82) is 0 Å². The van der Waals surface area contributed by atoms with Gasteiger partial charge in [-0.3, -0.25) is 0 Å². The second kappa shape index (κ2) is 5.34. The second-order valence-corrected chi connectivity index (χ2v) is 4.59. The average Bonchev–Trinajstić information content (AvgIpc) is 2.72. The van der Waals surface area contributed by atoms with Gasteiger partial charge in [0.15, 0.2) is 0 Å². The molecule has 90 valence electrons. The average molecular weight is 250 g/mol. The number of benzene rings is 1. The van der Waals surface area contributed by atoms with Gasteiger partial charge in [0, 0.05) is 29.5 Å². The Morgan fingerprint density at radius 1 is 1.47 bits per heavy atom. The van der Waals surface area contributed by atoms with Crippen molar-refractivity contribution in [3.8, 4) is 0 Å². The molecule has 0 saturated heterocycles. The molecule has 0 radical (unpaired) electrons. The lowest BCUT2D eigenvalue weighted by atomic mass is 10.1. The van der Waals surface area contributed by atoms with E-state index in [4.69, 9.17) is 11.6 Å². The molecule has 2 aromatic rings. The van der Waals surface area contributed by atoms with Crippen molar-refractivity contribution in [1.82, 2.24) is 15.3 Å². The predicted molar refractivity (Wildman–Crippen MR) is 70.0 cm³/mol. The van der Waals surface area contributed by atoms with E-state index >= 15 is 0 Å². The van der Waals surface area contributed by atoms with Crippen LogP contribution < -0.4 is 5.32 Å². The lowest BCUT2D eigenvalue weighted by molar-refractivity contribution is 0.568. The first-order valence-electron chi connectivity index (χ1n) is 5.64. The molecule has 0 aliphatic heterocycles. The van der Waals surface area contributed by atoms with Crippen LogP contribution in [0.15, 0.2) is 30.5 Å². The maximum Gasteiger partial charge on any atom is 0.103 e. The summed E-state index contributed by atoms with van der Waals surface area (Å²) >= 11 is 5.97. The number of aromatic nitrogens is 2. The zero-order chi connectivity index (χ0) is 12.3. The molecule has 0 spiro atoms. The van der Waals surface area contributed by atoms with E-state index in [-0.39, 0.29) is 6.04 Å². The van der Waals surface area contributed by atoms with Crippen LogP contribution in [0.5, 0.6) is 0 Å². The van der Waals surface area contributed by atoms with Crippen LogP contribution in [0, 0.1) is 6.92 Å². The summed E-state index contributed by atoms with van der Waals surface area (Å²) in [6.07, 6.45) is 1.85. The molecule has 0 aliphatic carbocycles. The van der Waals surface area contributed by atoms with Gasteiger partial charge in [0.1, 0.15) is 5.82 Å². The van der Waals surface area contributed by atoms with Crippen LogP contribution in [-0.2, 0) is 6.54 Å². The van der Waals surface area contributed by atoms with Gasteiger partial charge in [0.25, 0.3) is 0 Å². The van der Waals surface area contributed by atoms with E-state index in [1.807, 2.05) is 31.3 Å². The van der Waals surface area contributed by atoms with Crippen molar-refractivity contribution in [3.63, 3.8) is 0 Å². The van der Waals surface area contributed by atoms with Gasteiger partial charge in [0.2, 0.25) is 0 Å². The van der Waals surface area contributed by atoms with E-state index in [0.29, 0.717) is 0 Å². The molecule has 2 N–H and O–H groups in total. The SMILES string of the molecule is Cc1ncc(CN[C@@H](C)c2cccc(Cl)c2)[nH]1. The number of halogens is 1. The number of aromatic amines is 1. The van der Waals surface area contributed by atoms with Gasteiger partial charge in [-0.15, -0.1) is 0 Å². The third kappa shape index (κ3) is 3.32. The molecule has 4 heteroatoms. The van der Waals surface area contributed by atoms with Crippen LogP contribution in [0.2, 0.25) is 5.02 Å². The zero-order valence-electron chi connectivity index (χ0n) is 10.00. The van der Waals surface area contributed by atoms with Crippen LogP contribution >= 0.6 is 11.6 Å². The summed E-state index contributed by atoms with van der Waals surface area (Å²) < 4.78 is 0. The lowest BCUT2D eigenvalue weighted by Gasteiger charge is -2.13. The summed E-state index contributed by atoms with van der Waals surface area (Å²) in [6.45, 7) is 4.84. The molecule has 0 bridgehead atoms. The van der Waals surface area contributed by atoms with Gasteiger partial charge >= 0.3 is 0 Å². The molecular weight excluding hydrogens is 234 g/mol. The van der Waals surface area contributed by atoms with Gasteiger partial charge in [-0.1, -0.05) is 23.7 Å². The topological polar surface area (TPSA) is 40.7 Å². The highest BCUT2D eigenvalue weighted by Gasteiger charge is 2.05. The third-order valence-electron chi connectivity index (χ3n) is 2.70. The summed E-state index contributed by atoms with van der Waals surface area (Å²) in [5, 5.41) is 4.20. The molecule has 3 nitrogen and oxygen atoms in total. The number of hydrogen-bond acceptors (Lipinski definition) is 2. The van der Waals surface area contributed by atoms with Crippen molar-refractivity contribution < 1.29 is 0 Å².